The molecule has 2 heterocycles. The van der Waals surface area contributed by atoms with Crippen molar-refractivity contribution in [2.24, 2.45) is 0 Å². The molecule has 0 N–H and O–H groups in total. The fourth-order valence-corrected chi connectivity index (χ4v) is 6.07. The minimum Gasteiger partial charge on any atom is -0.299 e. The highest BCUT2D eigenvalue weighted by Crippen LogP contribution is 2.49. The summed E-state index contributed by atoms with van der Waals surface area (Å²) in [5.74, 6) is 0. The maximum atomic E-state index is 4.81. The lowest BCUT2D eigenvalue weighted by atomic mass is 9.95. The van der Waals surface area contributed by atoms with Gasteiger partial charge >= 0.3 is 0 Å². The van der Waals surface area contributed by atoms with Gasteiger partial charge in [0, 0.05) is 29.6 Å². The molecule has 2 nitrogen and oxygen atoms in total. The smallest absolute Gasteiger partial charge is 0.145 e. The number of hydrogen-bond donors (Lipinski definition) is 0. The highest BCUT2D eigenvalue weighted by atomic mass is 15.0. The summed E-state index contributed by atoms with van der Waals surface area (Å²) in [5.41, 5.74) is 13.8. The highest BCUT2D eigenvalue weighted by Gasteiger charge is 2.30. The zero-order valence-electron chi connectivity index (χ0n) is 16.9. The Labute approximate surface area is 179 Å². The van der Waals surface area contributed by atoms with E-state index in [-0.39, 0.29) is 0 Å². The van der Waals surface area contributed by atoms with E-state index >= 15 is 0 Å². The number of para-hydroxylation sites is 1. The molecule has 31 heavy (non-hydrogen) atoms. The van der Waals surface area contributed by atoms with E-state index in [2.05, 4.69) is 83.4 Å². The number of nitrogens with zero attached hydrogens (tertiary/aromatic N) is 2. The van der Waals surface area contributed by atoms with Crippen LogP contribution in [0.5, 0.6) is 0 Å². The van der Waals surface area contributed by atoms with Gasteiger partial charge in [-0.2, -0.15) is 0 Å². The largest absolute Gasteiger partial charge is 0.299 e. The number of rotatable bonds is 0. The maximum absolute atomic E-state index is 4.81. The summed E-state index contributed by atoms with van der Waals surface area (Å²) in [6.07, 6.45) is 6.04. The first kappa shape index (κ1) is 15.9. The maximum Gasteiger partial charge on any atom is 0.145 e. The second kappa shape index (κ2) is 5.41. The lowest BCUT2D eigenvalue weighted by Crippen LogP contribution is -1.94. The lowest BCUT2D eigenvalue weighted by Gasteiger charge is -2.12. The minimum atomic E-state index is 0.973. The molecule has 0 atom stereocenters. The van der Waals surface area contributed by atoms with Crippen LogP contribution in [-0.4, -0.2) is 9.38 Å². The van der Waals surface area contributed by atoms with Crippen LogP contribution < -0.4 is 0 Å². The first-order valence-electron chi connectivity index (χ1n) is 10.9. The van der Waals surface area contributed by atoms with Crippen LogP contribution in [0.25, 0.3) is 49.6 Å². The van der Waals surface area contributed by atoms with E-state index in [0.717, 1.165) is 18.5 Å². The molecule has 2 aliphatic carbocycles. The van der Waals surface area contributed by atoms with Gasteiger partial charge in [0.25, 0.3) is 0 Å². The fourth-order valence-electron chi connectivity index (χ4n) is 6.07. The van der Waals surface area contributed by atoms with Crippen molar-refractivity contribution in [3.05, 3.63) is 107 Å². The van der Waals surface area contributed by atoms with Crippen LogP contribution >= 0.6 is 0 Å². The molecule has 0 radical (unpaired) electrons. The monoisotopic (exact) mass is 394 g/mol. The zero-order valence-corrected chi connectivity index (χ0v) is 16.9. The third-order valence-corrected chi connectivity index (χ3v) is 7.34. The lowest BCUT2D eigenvalue weighted by molar-refractivity contribution is 1.23. The van der Waals surface area contributed by atoms with Crippen LogP contribution in [0.1, 0.15) is 22.3 Å². The summed E-state index contributed by atoms with van der Waals surface area (Å²) >= 11 is 0. The first-order chi connectivity index (χ1) is 15.4. The molecule has 0 unspecified atom stereocenters. The van der Waals surface area contributed by atoms with Crippen LogP contribution in [0.4, 0.5) is 0 Å². The first-order valence-corrected chi connectivity index (χ1v) is 10.9. The Morgan fingerprint density at radius 3 is 2.48 bits per heavy atom. The second-order valence-corrected chi connectivity index (χ2v) is 8.79. The Morgan fingerprint density at radius 2 is 1.48 bits per heavy atom. The average Bonchev–Trinajstić information content (AvgIpc) is 3.53. The standard InChI is InChI=1S/C29H18N2/c1-2-6-19-17(5-1)15-18-9-10-20-21-11-12-23-22-7-3-4-8-26(22)31-14-13-30-29(31)28(23)25(21)16-24(20)27(18)19/h1-14H,15-16H2. The Morgan fingerprint density at radius 1 is 0.645 bits per heavy atom. The minimum absolute atomic E-state index is 0.973. The molecule has 0 saturated carbocycles. The molecule has 144 valence electrons. The molecule has 6 aromatic rings. The van der Waals surface area contributed by atoms with Crippen molar-refractivity contribution in [2.75, 3.05) is 0 Å². The van der Waals surface area contributed by atoms with E-state index in [1.807, 2.05) is 6.20 Å². The Balaban J connectivity index is 1.49. The van der Waals surface area contributed by atoms with Crippen molar-refractivity contribution >= 4 is 27.3 Å². The van der Waals surface area contributed by atoms with E-state index in [1.54, 1.807) is 0 Å². The quantitative estimate of drug-likeness (QED) is 0.259. The van der Waals surface area contributed by atoms with Crippen LogP contribution in [0, 0.1) is 0 Å². The van der Waals surface area contributed by atoms with Gasteiger partial charge in [0.15, 0.2) is 0 Å². The summed E-state index contributed by atoms with van der Waals surface area (Å²) in [6, 6.07) is 26.9. The molecule has 2 aliphatic rings. The summed E-state index contributed by atoms with van der Waals surface area (Å²) in [7, 11) is 0. The summed E-state index contributed by atoms with van der Waals surface area (Å²) in [6.45, 7) is 0. The van der Waals surface area contributed by atoms with Gasteiger partial charge in [0.05, 0.1) is 5.52 Å². The van der Waals surface area contributed by atoms with Crippen molar-refractivity contribution in [1.29, 1.82) is 0 Å². The Kier molecular flexibility index (Phi) is 2.77. The Bertz CT molecular complexity index is 1740. The van der Waals surface area contributed by atoms with Gasteiger partial charge in [-0.3, -0.25) is 4.40 Å². The summed E-state index contributed by atoms with van der Waals surface area (Å²) in [5, 5.41) is 3.90. The molecule has 0 fully saturated rings. The van der Waals surface area contributed by atoms with Crippen LogP contribution in [0.2, 0.25) is 0 Å². The molecule has 2 heteroatoms. The van der Waals surface area contributed by atoms with Crippen molar-refractivity contribution < 1.29 is 0 Å². The van der Waals surface area contributed by atoms with Crippen molar-refractivity contribution in [2.45, 2.75) is 12.8 Å². The van der Waals surface area contributed by atoms with Gasteiger partial charge in [0.2, 0.25) is 0 Å². The molecule has 0 amide bonds. The number of hydrogen-bond acceptors (Lipinski definition) is 1. The molecule has 4 aromatic carbocycles. The molecular formula is C29H18N2. The molecule has 2 aromatic heterocycles. The number of imidazole rings is 1. The van der Waals surface area contributed by atoms with Gasteiger partial charge in [-0.1, -0.05) is 66.7 Å². The molecule has 0 saturated heterocycles. The van der Waals surface area contributed by atoms with Gasteiger partial charge < -0.3 is 0 Å². The molecule has 0 spiro atoms. The van der Waals surface area contributed by atoms with E-state index < -0.39 is 0 Å². The third kappa shape index (κ3) is 1.87. The van der Waals surface area contributed by atoms with Crippen molar-refractivity contribution in [3.8, 4) is 22.3 Å². The van der Waals surface area contributed by atoms with Crippen molar-refractivity contribution in [3.63, 3.8) is 0 Å². The third-order valence-electron chi connectivity index (χ3n) is 7.34. The molecule has 8 rings (SSSR count). The fraction of sp³-hybridized carbons (Fsp3) is 0.0690. The summed E-state index contributed by atoms with van der Waals surface area (Å²) < 4.78 is 2.25. The molecule has 0 aliphatic heterocycles. The highest BCUT2D eigenvalue weighted by molar-refractivity contribution is 6.15. The van der Waals surface area contributed by atoms with Gasteiger partial charge in [-0.25, -0.2) is 4.98 Å². The second-order valence-electron chi connectivity index (χ2n) is 8.79. The van der Waals surface area contributed by atoms with Gasteiger partial charge in [0.1, 0.15) is 5.65 Å². The number of aromatic nitrogens is 2. The molecular weight excluding hydrogens is 376 g/mol. The summed E-state index contributed by atoms with van der Waals surface area (Å²) in [4.78, 5) is 4.81. The zero-order chi connectivity index (χ0) is 20.1. The van der Waals surface area contributed by atoms with E-state index in [0.29, 0.717) is 0 Å². The van der Waals surface area contributed by atoms with Crippen LogP contribution in [0.15, 0.2) is 85.2 Å². The SMILES string of the molecule is c1ccc2c(c1)Cc1ccc3c(c1-2)Cc1c-3ccc2c3ccccc3n3ccnc3c12. The predicted octanol–water partition coefficient (Wildman–Crippen LogP) is 6.78. The molecule has 0 bridgehead atoms. The normalized spacial score (nSPS) is 13.5. The van der Waals surface area contributed by atoms with E-state index in [1.165, 1.54) is 66.2 Å². The Hall–Kier alpha value is -3.91. The number of pyridine rings is 1. The van der Waals surface area contributed by atoms with E-state index in [9.17, 15) is 0 Å². The van der Waals surface area contributed by atoms with Crippen molar-refractivity contribution in [1.82, 2.24) is 9.38 Å². The predicted molar refractivity (Wildman–Crippen MR) is 127 cm³/mol. The average molecular weight is 394 g/mol. The number of fused-ring (bicyclic) bond motifs is 14. The number of benzene rings is 4. The topological polar surface area (TPSA) is 17.3 Å². The van der Waals surface area contributed by atoms with Gasteiger partial charge in [-0.05, 0) is 62.4 Å². The van der Waals surface area contributed by atoms with Crippen LogP contribution in [-0.2, 0) is 12.8 Å². The van der Waals surface area contributed by atoms with E-state index in [4.69, 9.17) is 4.98 Å². The van der Waals surface area contributed by atoms with Gasteiger partial charge in [-0.15, -0.1) is 0 Å². The van der Waals surface area contributed by atoms with Crippen LogP contribution in [0.3, 0.4) is 0 Å².